The number of hydrogen-bond acceptors (Lipinski definition) is 5. The Morgan fingerprint density at radius 1 is 1.16 bits per heavy atom. The van der Waals surface area contributed by atoms with E-state index in [9.17, 15) is 9.59 Å². The van der Waals surface area contributed by atoms with E-state index in [0.29, 0.717) is 24.8 Å². The van der Waals surface area contributed by atoms with Crippen molar-refractivity contribution in [1.82, 2.24) is 10.2 Å². The van der Waals surface area contributed by atoms with Gasteiger partial charge in [0, 0.05) is 17.5 Å². The molecule has 6 bridgehead atoms. The molecule has 0 aliphatic carbocycles. The number of ether oxygens (including phenoxy) is 1. The SMILES string of the molecule is CC[C@@H]1c2cccc(c2)C(=O)N[C@H]2CC(C)(C)Oc3ccc(cc32)/C=C/CC[C@]2(CC)CC(=O)N1C(N)=N2. The molecule has 0 aromatic heterocycles. The lowest BCUT2D eigenvalue weighted by molar-refractivity contribution is -0.131. The Hall–Kier alpha value is -3.61. The fourth-order valence-corrected chi connectivity index (χ4v) is 6.06. The first-order valence-corrected chi connectivity index (χ1v) is 13.7. The zero-order valence-corrected chi connectivity index (χ0v) is 22.8. The number of benzene rings is 2. The van der Waals surface area contributed by atoms with E-state index in [1.165, 1.54) is 0 Å². The number of aliphatic imine (C=N–C) groups is 1. The molecule has 4 heterocycles. The molecule has 200 valence electrons. The number of allylic oxidation sites excluding steroid dienone is 1. The van der Waals surface area contributed by atoms with Crippen molar-refractivity contribution in [1.29, 1.82) is 0 Å². The number of guanidine groups is 1. The van der Waals surface area contributed by atoms with Crippen LogP contribution in [-0.4, -0.2) is 33.8 Å². The molecule has 3 atom stereocenters. The smallest absolute Gasteiger partial charge is 0.251 e. The number of nitrogens with one attached hydrogen (secondary N) is 1. The van der Waals surface area contributed by atoms with Crippen LogP contribution in [0.3, 0.4) is 0 Å². The van der Waals surface area contributed by atoms with Crippen LogP contribution in [0, 0.1) is 0 Å². The summed E-state index contributed by atoms with van der Waals surface area (Å²) in [6, 6.07) is 13.2. The van der Waals surface area contributed by atoms with E-state index in [-0.39, 0.29) is 29.9 Å². The van der Waals surface area contributed by atoms with Crippen molar-refractivity contribution in [2.24, 2.45) is 10.7 Å². The van der Waals surface area contributed by atoms with Crippen molar-refractivity contribution >= 4 is 23.8 Å². The van der Waals surface area contributed by atoms with Crippen LogP contribution in [0.15, 0.2) is 53.5 Å². The Balaban J connectivity index is 1.61. The third-order valence-corrected chi connectivity index (χ3v) is 8.12. The molecule has 0 saturated carbocycles. The molecule has 0 radical (unpaired) electrons. The van der Waals surface area contributed by atoms with Gasteiger partial charge in [-0.15, -0.1) is 0 Å². The molecule has 0 unspecified atom stereocenters. The highest BCUT2D eigenvalue weighted by Gasteiger charge is 2.41. The van der Waals surface area contributed by atoms with Gasteiger partial charge in [-0.3, -0.25) is 14.5 Å². The molecule has 0 fully saturated rings. The van der Waals surface area contributed by atoms with Crippen molar-refractivity contribution in [3.8, 4) is 5.75 Å². The lowest BCUT2D eigenvalue weighted by atomic mass is 9.85. The van der Waals surface area contributed by atoms with Gasteiger partial charge >= 0.3 is 0 Å². The number of amides is 2. The Kier molecular flexibility index (Phi) is 6.80. The monoisotopic (exact) mass is 514 g/mol. The molecule has 3 N–H and O–H groups in total. The summed E-state index contributed by atoms with van der Waals surface area (Å²) in [6.45, 7) is 8.18. The second-order valence-corrected chi connectivity index (χ2v) is 11.4. The molecule has 4 aliphatic rings. The topological polar surface area (TPSA) is 97.0 Å². The molecule has 6 rings (SSSR count). The van der Waals surface area contributed by atoms with E-state index >= 15 is 0 Å². The van der Waals surface area contributed by atoms with Gasteiger partial charge in [-0.2, -0.15) is 0 Å². The lowest BCUT2D eigenvalue weighted by Gasteiger charge is -2.40. The van der Waals surface area contributed by atoms with Crippen LogP contribution in [-0.2, 0) is 4.79 Å². The van der Waals surface area contributed by atoms with Crippen molar-refractivity contribution in [2.45, 2.75) is 89.4 Å². The van der Waals surface area contributed by atoms with Crippen molar-refractivity contribution in [3.05, 3.63) is 70.8 Å². The summed E-state index contributed by atoms with van der Waals surface area (Å²) in [6.07, 6.45) is 8.11. The van der Waals surface area contributed by atoms with Gasteiger partial charge in [0.15, 0.2) is 5.96 Å². The third-order valence-electron chi connectivity index (χ3n) is 8.12. The first-order chi connectivity index (χ1) is 18.1. The molecule has 2 amide bonds. The number of carbonyl (C=O) groups excluding carboxylic acids is 2. The summed E-state index contributed by atoms with van der Waals surface area (Å²) in [4.78, 5) is 33.6. The zero-order chi connectivity index (χ0) is 27.1. The molecule has 0 saturated heterocycles. The van der Waals surface area contributed by atoms with Crippen LogP contribution in [0.5, 0.6) is 5.75 Å². The maximum atomic E-state index is 13.6. The summed E-state index contributed by atoms with van der Waals surface area (Å²) >= 11 is 0. The number of fused-ring (bicyclic) bond motifs is 4. The van der Waals surface area contributed by atoms with Gasteiger partial charge in [-0.25, -0.2) is 4.99 Å². The number of hydrogen-bond donors (Lipinski definition) is 2. The molecule has 7 nitrogen and oxygen atoms in total. The molecule has 4 aliphatic heterocycles. The maximum Gasteiger partial charge on any atom is 0.251 e. The fourth-order valence-electron chi connectivity index (χ4n) is 6.06. The molecule has 0 spiro atoms. The van der Waals surface area contributed by atoms with Crippen LogP contribution >= 0.6 is 0 Å². The average molecular weight is 515 g/mol. The normalized spacial score (nSPS) is 27.5. The van der Waals surface area contributed by atoms with E-state index in [2.05, 4.69) is 30.5 Å². The fraction of sp³-hybridized carbons (Fsp3) is 0.452. The standard InChI is InChI=1S/C31H38N4O3/c1-5-25-21-11-9-12-22(17-21)28(37)33-24-18-30(3,4)38-26-14-13-20(16-23(24)26)10-7-8-15-31(6-2)19-27(36)35(25)29(32)34-31/h7,9-14,16-17,24-25H,5-6,8,15,18-19H2,1-4H3,(H2,32,34)(H,33,37)/b10-7+/t24-,25+,31+/m0/s1. The van der Waals surface area contributed by atoms with Crippen LogP contribution in [0.1, 0.15) is 105 Å². The van der Waals surface area contributed by atoms with Gasteiger partial charge in [0.05, 0.1) is 24.0 Å². The van der Waals surface area contributed by atoms with Gasteiger partial charge < -0.3 is 15.8 Å². The van der Waals surface area contributed by atoms with E-state index in [0.717, 1.165) is 41.7 Å². The van der Waals surface area contributed by atoms with Crippen LogP contribution < -0.4 is 15.8 Å². The van der Waals surface area contributed by atoms with Crippen molar-refractivity contribution in [2.75, 3.05) is 0 Å². The summed E-state index contributed by atoms with van der Waals surface area (Å²) < 4.78 is 6.26. The summed E-state index contributed by atoms with van der Waals surface area (Å²) in [7, 11) is 0. The lowest BCUT2D eigenvalue weighted by Crippen LogP contribution is -2.52. The number of rotatable bonds is 2. The molecule has 2 aromatic carbocycles. The van der Waals surface area contributed by atoms with Crippen LogP contribution in [0.2, 0.25) is 0 Å². The highest BCUT2D eigenvalue weighted by molar-refractivity contribution is 6.00. The quantitative estimate of drug-likeness (QED) is 0.539. The summed E-state index contributed by atoms with van der Waals surface area (Å²) in [5.41, 5.74) is 9.02. The van der Waals surface area contributed by atoms with Crippen molar-refractivity contribution in [3.63, 3.8) is 0 Å². The van der Waals surface area contributed by atoms with Gasteiger partial charge in [-0.05, 0) is 74.9 Å². The van der Waals surface area contributed by atoms with Gasteiger partial charge in [0.25, 0.3) is 5.91 Å². The molecular weight excluding hydrogens is 476 g/mol. The average Bonchev–Trinajstić information content (AvgIpc) is 2.88. The van der Waals surface area contributed by atoms with Crippen LogP contribution in [0.4, 0.5) is 0 Å². The first-order valence-electron chi connectivity index (χ1n) is 13.7. The highest BCUT2D eigenvalue weighted by Crippen LogP contribution is 2.41. The Labute approximate surface area is 225 Å². The predicted molar refractivity (Wildman–Crippen MR) is 150 cm³/mol. The Morgan fingerprint density at radius 3 is 2.71 bits per heavy atom. The van der Waals surface area contributed by atoms with Crippen LogP contribution in [0.25, 0.3) is 6.08 Å². The number of carbonyl (C=O) groups is 2. The van der Waals surface area contributed by atoms with Gasteiger partial charge in [0.1, 0.15) is 11.4 Å². The summed E-state index contributed by atoms with van der Waals surface area (Å²) in [5.74, 6) is 0.890. The number of nitrogens with two attached hydrogens (primary N) is 1. The van der Waals surface area contributed by atoms with E-state index in [1.54, 1.807) is 4.90 Å². The highest BCUT2D eigenvalue weighted by atomic mass is 16.5. The van der Waals surface area contributed by atoms with E-state index in [4.69, 9.17) is 15.5 Å². The molecule has 7 heteroatoms. The third kappa shape index (κ3) is 4.94. The summed E-state index contributed by atoms with van der Waals surface area (Å²) in [5, 5.41) is 3.26. The van der Waals surface area contributed by atoms with Crippen molar-refractivity contribution < 1.29 is 14.3 Å². The molecular formula is C31H38N4O3. The first kappa shape index (κ1) is 26.0. The minimum atomic E-state index is -0.506. The minimum Gasteiger partial charge on any atom is -0.487 e. The Bertz CT molecular complexity index is 1310. The Morgan fingerprint density at radius 2 is 1.97 bits per heavy atom. The van der Waals surface area contributed by atoms with E-state index < -0.39 is 11.1 Å². The largest absolute Gasteiger partial charge is 0.487 e. The molecule has 2 aromatic rings. The van der Waals surface area contributed by atoms with Gasteiger partial charge in [0.2, 0.25) is 5.91 Å². The minimum absolute atomic E-state index is 0.0178. The second-order valence-electron chi connectivity index (χ2n) is 11.4. The zero-order valence-electron chi connectivity index (χ0n) is 22.8. The molecule has 38 heavy (non-hydrogen) atoms. The maximum absolute atomic E-state index is 13.6. The number of nitrogens with zero attached hydrogens (tertiary/aromatic N) is 2. The van der Waals surface area contributed by atoms with E-state index in [1.807, 2.05) is 57.2 Å². The van der Waals surface area contributed by atoms with Gasteiger partial charge in [-0.1, -0.05) is 44.2 Å². The second kappa shape index (κ2) is 9.93. The predicted octanol–water partition coefficient (Wildman–Crippen LogP) is 5.67.